The van der Waals surface area contributed by atoms with Crippen molar-refractivity contribution in [3.8, 4) is 11.4 Å². The maximum absolute atomic E-state index is 4.74. The van der Waals surface area contributed by atoms with E-state index in [0.29, 0.717) is 0 Å². The van der Waals surface area contributed by atoms with Crippen molar-refractivity contribution >= 4 is 34.8 Å². The van der Waals surface area contributed by atoms with E-state index in [1.54, 1.807) is 0 Å². The summed E-state index contributed by atoms with van der Waals surface area (Å²) in [5.74, 6) is 1.54. The molecule has 0 radical (unpaired) electrons. The van der Waals surface area contributed by atoms with Gasteiger partial charge in [-0.3, -0.25) is 0 Å². The van der Waals surface area contributed by atoms with Gasteiger partial charge in [-0.15, -0.1) is 12.4 Å². The monoisotopic (exact) mass is 333 g/mol. The number of hydrogen-bond acceptors (Lipinski definition) is 3. The molecule has 1 aromatic heterocycles. The molecule has 3 aromatic carbocycles. The number of hydrogen-bond donors (Lipinski definition) is 1. The summed E-state index contributed by atoms with van der Waals surface area (Å²) in [7, 11) is 0. The van der Waals surface area contributed by atoms with Crippen molar-refractivity contribution in [3.63, 3.8) is 0 Å². The van der Waals surface area contributed by atoms with Crippen molar-refractivity contribution in [1.29, 1.82) is 0 Å². The standard InChI is InChI=1S/C20H15N3.ClH/c1-3-9-15(10-4-1)19-22-18-14-8-7-13-17(18)20(23-19)21-16-11-5-2-6-12-16;/h1-14H,(H,21,22,23);1H. The number of rotatable bonds is 3. The van der Waals surface area contributed by atoms with Crippen LogP contribution < -0.4 is 5.32 Å². The van der Waals surface area contributed by atoms with Crippen LogP contribution in [-0.2, 0) is 0 Å². The lowest BCUT2D eigenvalue weighted by Gasteiger charge is -2.11. The normalized spacial score (nSPS) is 10.2. The Kier molecular flexibility index (Phi) is 4.73. The summed E-state index contributed by atoms with van der Waals surface area (Å²) in [6.45, 7) is 0. The van der Waals surface area contributed by atoms with E-state index >= 15 is 0 Å². The Balaban J connectivity index is 0.00000169. The summed E-state index contributed by atoms with van der Waals surface area (Å²) in [5, 5.41) is 4.42. The largest absolute Gasteiger partial charge is 0.340 e. The van der Waals surface area contributed by atoms with Gasteiger partial charge in [-0.25, -0.2) is 9.97 Å². The predicted molar refractivity (Wildman–Crippen MR) is 102 cm³/mol. The Morgan fingerprint density at radius 2 is 1.25 bits per heavy atom. The van der Waals surface area contributed by atoms with Crippen LogP contribution in [0.3, 0.4) is 0 Å². The molecule has 4 rings (SSSR count). The average Bonchev–Trinajstić information content (AvgIpc) is 2.63. The highest BCUT2D eigenvalue weighted by molar-refractivity contribution is 5.92. The molecule has 4 aromatic rings. The second kappa shape index (κ2) is 7.11. The van der Waals surface area contributed by atoms with E-state index in [2.05, 4.69) is 5.32 Å². The van der Waals surface area contributed by atoms with Crippen molar-refractivity contribution < 1.29 is 0 Å². The third-order valence-electron chi connectivity index (χ3n) is 3.67. The van der Waals surface area contributed by atoms with Crippen LogP contribution in [0.15, 0.2) is 84.9 Å². The highest BCUT2D eigenvalue weighted by Crippen LogP contribution is 2.27. The number of nitrogens with zero attached hydrogens (tertiary/aromatic N) is 2. The summed E-state index contributed by atoms with van der Waals surface area (Å²) in [6.07, 6.45) is 0. The number of benzene rings is 3. The Bertz CT molecular complexity index is 941. The van der Waals surface area contributed by atoms with Gasteiger partial charge < -0.3 is 5.32 Å². The van der Waals surface area contributed by atoms with Crippen LogP contribution in [-0.4, -0.2) is 9.97 Å². The number of halogens is 1. The first-order valence-electron chi connectivity index (χ1n) is 7.54. The van der Waals surface area contributed by atoms with Crippen molar-refractivity contribution in [2.75, 3.05) is 5.32 Å². The first-order valence-corrected chi connectivity index (χ1v) is 7.54. The highest BCUT2D eigenvalue weighted by Gasteiger charge is 2.09. The molecule has 0 saturated heterocycles. The molecule has 118 valence electrons. The smallest absolute Gasteiger partial charge is 0.162 e. The van der Waals surface area contributed by atoms with Gasteiger partial charge in [0.25, 0.3) is 0 Å². The van der Waals surface area contributed by atoms with Gasteiger partial charge in [0.15, 0.2) is 5.82 Å². The van der Waals surface area contributed by atoms with Gasteiger partial charge in [0.2, 0.25) is 0 Å². The Labute approximate surface area is 146 Å². The summed E-state index contributed by atoms with van der Waals surface area (Å²) in [5.41, 5.74) is 2.95. The van der Waals surface area contributed by atoms with Gasteiger partial charge in [0.05, 0.1) is 5.52 Å². The molecule has 1 heterocycles. The molecule has 0 saturated carbocycles. The molecule has 1 N–H and O–H groups in total. The highest BCUT2D eigenvalue weighted by atomic mass is 35.5. The molecule has 0 spiro atoms. The lowest BCUT2D eigenvalue weighted by atomic mass is 10.2. The van der Waals surface area contributed by atoms with Crippen LogP contribution in [0.1, 0.15) is 0 Å². The molecular weight excluding hydrogens is 318 g/mol. The minimum atomic E-state index is 0. The molecule has 0 fully saturated rings. The molecule has 0 unspecified atom stereocenters. The maximum atomic E-state index is 4.74. The maximum Gasteiger partial charge on any atom is 0.162 e. The number of para-hydroxylation sites is 2. The second-order valence-corrected chi connectivity index (χ2v) is 5.27. The van der Waals surface area contributed by atoms with Gasteiger partial charge in [-0.05, 0) is 24.3 Å². The number of fused-ring (bicyclic) bond motifs is 1. The summed E-state index contributed by atoms with van der Waals surface area (Å²) >= 11 is 0. The van der Waals surface area contributed by atoms with Crippen LogP contribution in [0.2, 0.25) is 0 Å². The third kappa shape index (κ3) is 3.21. The van der Waals surface area contributed by atoms with Crippen molar-refractivity contribution in [1.82, 2.24) is 9.97 Å². The van der Waals surface area contributed by atoms with E-state index in [4.69, 9.17) is 9.97 Å². The quantitative estimate of drug-likeness (QED) is 0.540. The molecule has 24 heavy (non-hydrogen) atoms. The average molecular weight is 334 g/mol. The zero-order chi connectivity index (χ0) is 15.5. The lowest BCUT2D eigenvalue weighted by molar-refractivity contribution is 1.22. The van der Waals surface area contributed by atoms with Crippen LogP contribution in [0.25, 0.3) is 22.3 Å². The Morgan fingerprint density at radius 1 is 0.625 bits per heavy atom. The molecule has 3 nitrogen and oxygen atoms in total. The van der Waals surface area contributed by atoms with Crippen molar-refractivity contribution in [2.45, 2.75) is 0 Å². The Hall–Kier alpha value is -2.91. The fourth-order valence-corrected chi connectivity index (χ4v) is 2.55. The van der Waals surface area contributed by atoms with Crippen LogP contribution in [0, 0.1) is 0 Å². The van der Waals surface area contributed by atoms with Crippen LogP contribution in [0.5, 0.6) is 0 Å². The van der Waals surface area contributed by atoms with Crippen LogP contribution >= 0.6 is 12.4 Å². The Morgan fingerprint density at radius 3 is 2.00 bits per heavy atom. The third-order valence-corrected chi connectivity index (χ3v) is 3.67. The first-order chi connectivity index (χ1) is 11.4. The molecule has 0 atom stereocenters. The molecule has 0 aliphatic carbocycles. The lowest BCUT2D eigenvalue weighted by Crippen LogP contribution is -1.99. The van der Waals surface area contributed by atoms with Gasteiger partial charge in [-0.2, -0.15) is 0 Å². The number of anilines is 2. The van der Waals surface area contributed by atoms with Crippen molar-refractivity contribution in [2.24, 2.45) is 0 Å². The second-order valence-electron chi connectivity index (χ2n) is 5.27. The van der Waals surface area contributed by atoms with Gasteiger partial charge in [-0.1, -0.05) is 60.7 Å². The topological polar surface area (TPSA) is 37.8 Å². The molecule has 0 aliphatic rings. The fraction of sp³-hybridized carbons (Fsp3) is 0. The predicted octanol–water partition coefficient (Wildman–Crippen LogP) is 5.46. The fourth-order valence-electron chi connectivity index (χ4n) is 2.55. The van der Waals surface area contributed by atoms with Gasteiger partial charge in [0, 0.05) is 16.6 Å². The molecule has 0 amide bonds. The van der Waals surface area contributed by atoms with E-state index in [1.807, 2.05) is 84.9 Å². The number of nitrogens with one attached hydrogen (secondary N) is 1. The number of aromatic nitrogens is 2. The molecular formula is C20H16ClN3. The molecule has 0 aliphatic heterocycles. The molecule has 0 bridgehead atoms. The first kappa shape index (κ1) is 16.0. The van der Waals surface area contributed by atoms with E-state index in [0.717, 1.165) is 33.8 Å². The van der Waals surface area contributed by atoms with Gasteiger partial charge in [0.1, 0.15) is 5.82 Å². The summed E-state index contributed by atoms with van der Waals surface area (Å²) < 4.78 is 0. The minimum absolute atomic E-state index is 0. The zero-order valence-electron chi connectivity index (χ0n) is 12.9. The minimum Gasteiger partial charge on any atom is -0.340 e. The van der Waals surface area contributed by atoms with E-state index in [9.17, 15) is 0 Å². The van der Waals surface area contributed by atoms with Gasteiger partial charge >= 0.3 is 0 Å². The van der Waals surface area contributed by atoms with Crippen LogP contribution in [0.4, 0.5) is 11.5 Å². The SMILES string of the molecule is Cl.c1ccc(Nc2nc(-c3ccccc3)nc3ccccc23)cc1. The summed E-state index contributed by atoms with van der Waals surface area (Å²) in [6, 6.07) is 28.1. The summed E-state index contributed by atoms with van der Waals surface area (Å²) in [4.78, 5) is 9.44. The van der Waals surface area contributed by atoms with E-state index in [-0.39, 0.29) is 12.4 Å². The molecule has 4 heteroatoms. The van der Waals surface area contributed by atoms with E-state index < -0.39 is 0 Å². The van der Waals surface area contributed by atoms with E-state index in [1.165, 1.54) is 0 Å². The zero-order valence-corrected chi connectivity index (χ0v) is 13.7. The van der Waals surface area contributed by atoms with Crippen molar-refractivity contribution in [3.05, 3.63) is 84.9 Å².